The van der Waals surface area contributed by atoms with E-state index in [1.165, 1.54) is 11.5 Å². The van der Waals surface area contributed by atoms with Gasteiger partial charge in [0.25, 0.3) is 0 Å². The molecular weight excluding hydrogens is 218 g/mol. The van der Waals surface area contributed by atoms with Crippen molar-refractivity contribution in [1.82, 2.24) is 9.36 Å². The SMILES string of the molecule is CC(C)(C)CC(Cl)CNc1ncns1. The van der Waals surface area contributed by atoms with Crippen LogP contribution in [0.25, 0.3) is 0 Å². The molecule has 3 nitrogen and oxygen atoms in total. The molecule has 0 amide bonds. The van der Waals surface area contributed by atoms with Crippen molar-refractivity contribution in [3.8, 4) is 0 Å². The number of nitrogens with zero attached hydrogens (tertiary/aromatic N) is 2. The van der Waals surface area contributed by atoms with E-state index >= 15 is 0 Å². The maximum Gasteiger partial charge on any atom is 0.202 e. The molecule has 0 aromatic carbocycles. The minimum atomic E-state index is 0.138. The van der Waals surface area contributed by atoms with E-state index < -0.39 is 0 Å². The molecule has 1 aromatic heterocycles. The molecule has 1 atom stereocenters. The van der Waals surface area contributed by atoms with E-state index in [0.717, 1.165) is 18.1 Å². The van der Waals surface area contributed by atoms with Gasteiger partial charge in [0.1, 0.15) is 6.33 Å². The summed E-state index contributed by atoms with van der Waals surface area (Å²) in [5.41, 5.74) is 0.273. The van der Waals surface area contributed by atoms with Gasteiger partial charge in [0.15, 0.2) is 0 Å². The largest absolute Gasteiger partial charge is 0.359 e. The van der Waals surface area contributed by atoms with Gasteiger partial charge in [-0.2, -0.15) is 4.37 Å². The third-order valence-electron chi connectivity index (χ3n) is 1.67. The number of alkyl halides is 1. The van der Waals surface area contributed by atoms with Crippen LogP contribution < -0.4 is 5.32 Å². The highest BCUT2D eigenvalue weighted by Gasteiger charge is 2.16. The Labute approximate surface area is 94.1 Å². The van der Waals surface area contributed by atoms with Crippen LogP contribution in [0, 0.1) is 5.41 Å². The molecule has 1 heterocycles. The van der Waals surface area contributed by atoms with Crippen LogP contribution in [-0.2, 0) is 0 Å². The average molecular weight is 234 g/mol. The van der Waals surface area contributed by atoms with E-state index in [0.29, 0.717) is 0 Å². The lowest BCUT2D eigenvalue weighted by Crippen LogP contribution is -2.20. The summed E-state index contributed by atoms with van der Waals surface area (Å²) in [6, 6.07) is 0. The second-order valence-electron chi connectivity index (χ2n) is 4.49. The molecule has 0 bridgehead atoms. The highest BCUT2D eigenvalue weighted by Crippen LogP contribution is 2.23. The van der Waals surface area contributed by atoms with Crippen LogP contribution in [0.2, 0.25) is 0 Å². The van der Waals surface area contributed by atoms with Gasteiger partial charge in [-0.25, -0.2) is 4.98 Å². The Kier molecular flexibility index (Phi) is 4.13. The fraction of sp³-hybridized carbons (Fsp3) is 0.778. The highest BCUT2D eigenvalue weighted by molar-refractivity contribution is 7.09. The predicted molar refractivity (Wildman–Crippen MR) is 62.1 cm³/mol. The molecule has 1 rings (SSSR count). The monoisotopic (exact) mass is 233 g/mol. The van der Waals surface area contributed by atoms with Gasteiger partial charge in [0.05, 0.1) is 5.38 Å². The molecule has 1 N–H and O–H groups in total. The Morgan fingerprint density at radius 2 is 2.29 bits per heavy atom. The summed E-state index contributed by atoms with van der Waals surface area (Å²) in [5, 5.41) is 4.14. The summed E-state index contributed by atoms with van der Waals surface area (Å²) in [5.74, 6) is 0. The van der Waals surface area contributed by atoms with Gasteiger partial charge in [0, 0.05) is 18.1 Å². The van der Waals surface area contributed by atoms with E-state index in [9.17, 15) is 0 Å². The molecule has 5 heteroatoms. The lowest BCUT2D eigenvalue weighted by Gasteiger charge is -2.21. The summed E-state index contributed by atoms with van der Waals surface area (Å²) < 4.78 is 3.90. The van der Waals surface area contributed by atoms with E-state index in [4.69, 9.17) is 11.6 Å². The normalized spacial score (nSPS) is 14.0. The summed E-state index contributed by atoms with van der Waals surface area (Å²) in [6.07, 6.45) is 2.53. The Morgan fingerprint density at radius 3 is 2.79 bits per heavy atom. The zero-order chi connectivity index (χ0) is 10.6. The van der Waals surface area contributed by atoms with Gasteiger partial charge in [-0.15, -0.1) is 11.6 Å². The summed E-state index contributed by atoms with van der Waals surface area (Å²) in [6.45, 7) is 7.31. The van der Waals surface area contributed by atoms with E-state index in [-0.39, 0.29) is 10.8 Å². The van der Waals surface area contributed by atoms with Crippen LogP contribution in [0.1, 0.15) is 27.2 Å². The number of nitrogens with one attached hydrogen (secondary N) is 1. The van der Waals surface area contributed by atoms with Crippen molar-refractivity contribution in [2.75, 3.05) is 11.9 Å². The van der Waals surface area contributed by atoms with Crippen LogP contribution in [0.3, 0.4) is 0 Å². The Hall–Kier alpha value is -0.350. The minimum absolute atomic E-state index is 0.138. The number of hydrogen-bond donors (Lipinski definition) is 1. The maximum absolute atomic E-state index is 6.18. The van der Waals surface area contributed by atoms with Crippen molar-refractivity contribution in [2.45, 2.75) is 32.6 Å². The number of hydrogen-bond acceptors (Lipinski definition) is 4. The third kappa shape index (κ3) is 4.77. The Bertz CT molecular complexity index is 256. The van der Waals surface area contributed by atoms with Crippen molar-refractivity contribution in [2.24, 2.45) is 5.41 Å². The first-order chi connectivity index (χ1) is 6.47. The van der Waals surface area contributed by atoms with Crippen molar-refractivity contribution in [3.05, 3.63) is 6.33 Å². The van der Waals surface area contributed by atoms with Gasteiger partial charge >= 0.3 is 0 Å². The molecule has 1 aromatic rings. The summed E-state index contributed by atoms with van der Waals surface area (Å²) in [7, 11) is 0. The molecule has 1 unspecified atom stereocenters. The molecule has 0 aliphatic heterocycles. The van der Waals surface area contributed by atoms with Crippen molar-refractivity contribution >= 4 is 28.3 Å². The number of halogens is 1. The molecule has 0 aliphatic rings. The quantitative estimate of drug-likeness (QED) is 0.813. The molecular formula is C9H16ClN3S. The fourth-order valence-corrected chi connectivity index (χ4v) is 2.16. The summed E-state index contributed by atoms with van der Waals surface area (Å²) in [4.78, 5) is 4.02. The fourth-order valence-electron chi connectivity index (χ4n) is 1.19. The first-order valence-corrected chi connectivity index (χ1v) is 5.83. The minimum Gasteiger partial charge on any atom is -0.359 e. The van der Waals surface area contributed by atoms with Crippen LogP contribution >= 0.6 is 23.1 Å². The van der Waals surface area contributed by atoms with Gasteiger partial charge < -0.3 is 5.32 Å². The van der Waals surface area contributed by atoms with E-state index in [1.807, 2.05) is 0 Å². The molecule has 0 saturated carbocycles. The topological polar surface area (TPSA) is 37.8 Å². The highest BCUT2D eigenvalue weighted by atomic mass is 35.5. The number of aromatic nitrogens is 2. The van der Waals surface area contributed by atoms with Gasteiger partial charge in [-0.1, -0.05) is 20.8 Å². The molecule has 80 valence electrons. The second kappa shape index (κ2) is 4.94. The van der Waals surface area contributed by atoms with Crippen LogP contribution in [0.5, 0.6) is 0 Å². The molecule has 0 spiro atoms. The predicted octanol–water partition coefficient (Wildman–Crippen LogP) is 2.99. The third-order valence-corrected chi connectivity index (χ3v) is 2.60. The lowest BCUT2D eigenvalue weighted by atomic mass is 9.90. The zero-order valence-electron chi connectivity index (χ0n) is 8.75. The summed E-state index contributed by atoms with van der Waals surface area (Å²) >= 11 is 7.53. The van der Waals surface area contributed by atoms with Gasteiger partial charge in [0.2, 0.25) is 5.13 Å². The molecule has 0 fully saturated rings. The van der Waals surface area contributed by atoms with Crippen molar-refractivity contribution < 1.29 is 0 Å². The van der Waals surface area contributed by atoms with Crippen LogP contribution in [0.4, 0.5) is 5.13 Å². The Morgan fingerprint density at radius 1 is 1.57 bits per heavy atom. The molecule has 0 radical (unpaired) electrons. The van der Waals surface area contributed by atoms with Crippen LogP contribution in [-0.4, -0.2) is 21.3 Å². The molecule has 14 heavy (non-hydrogen) atoms. The smallest absolute Gasteiger partial charge is 0.202 e. The number of anilines is 1. The molecule has 0 saturated heterocycles. The maximum atomic E-state index is 6.18. The first kappa shape index (κ1) is 11.7. The lowest BCUT2D eigenvalue weighted by molar-refractivity contribution is 0.373. The van der Waals surface area contributed by atoms with E-state index in [1.54, 1.807) is 6.33 Å². The number of rotatable bonds is 4. The Balaban J connectivity index is 2.25. The van der Waals surface area contributed by atoms with Crippen molar-refractivity contribution in [3.63, 3.8) is 0 Å². The standard InChI is InChI=1S/C9H16ClN3S/c1-9(2,3)4-7(10)5-11-8-12-6-13-14-8/h6-7H,4-5H2,1-3H3,(H,11,12,13). The van der Waals surface area contributed by atoms with Gasteiger partial charge in [-0.05, 0) is 11.8 Å². The van der Waals surface area contributed by atoms with Gasteiger partial charge in [-0.3, -0.25) is 0 Å². The second-order valence-corrected chi connectivity index (χ2v) is 5.89. The zero-order valence-corrected chi connectivity index (χ0v) is 10.3. The van der Waals surface area contributed by atoms with Crippen molar-refractivity contribution in [1.29, 1.82) is 0 Å². The molecule has 0 aliphatic carbocycles. The van der Waals surface area contributed by atoms with E-state index in [2.05, 4.69) is 35.4 Å². The average Bonchev–Trinajstić information content (AvgIpc) is 2.49. The van der Waals surface area contributed by atoms with Crippen LogP contribution in [0.15, 0.2) is 6.33 Å². The first-order valence-electron chi connectivity index (χ1n) is 4.62.